The van der Waals surface area contributed by atoms with Crippen LogP contribution >= 0.6 is 7.82 Å². The molecule has 0 aliphatic carbocycles. The van der Waals surface area contributed by atoms with Crippen LogP contribution in [-0.4, -0.2) is 45.0 Å². The van der Waals surface area contributed by atoms with E-state index in [1.165, 1.54) is 0 Å². The van der Waals surface area contributed by atoms with E-state index in [9.17, 15) is 14.2 Å². The van der Waals surface area contributed by atoms with Gasteiger partial charge in [0.2, 0.25) is 0 Å². The third-order valence-corrected chi connectivity index (χ3v) is 5.48. The molecule has 0 saturated heterocycles. The van der Waals surface area contributed by atoms with Crippen molar-refractivity contribution in [2.75, 3.05) is 33.0 Å². The lowest BCUT2D eigenvalue weighted by molar-refractivity contribution is -0.139. The van der Waals surface area contributed by atoms with Crippen LogP contribution in [0.1, 0.15) is 72.1 Å². The molecule has 8 nitrogen and oxygen atoms in total. The Hall–Kier alpha value is -1.47. The first kappa shape index (κ1) is 29.5. The summed E-state index contributed by atoms with van der Waals surface area (Å²) < 4.78 is 39.1. The molecular weight excluding hydrogens is 423 g/mol. The van der Waals surface area contributed by atoms with Gasteiger partial charge >= 0.3 is 19.8 Å². The number of ether oxygens (including phenoxy) is 2. The largest absolute Gasteiger partial charge is 0.474 e. The third kappa shape index (κ3) is 16.8. The van der Waals surface area contributed by atoms with E-state index in [-0.39, 0.29) is 26.4 Å². The molecule has 0 saturated carbocycles. The molecule has 0 amide bonds. The summed E-state index contributed by atoms with van der Waals surface area (Å²) in [6.07, 6.45) is 6.13. The molecule has 0 fully saturated rings. The smallest absolute Gasteiger partial charge is 0.462 e. The minimum absolute atomic E-state index is 0.160. The number of esters is 2. The zero-order valence-electron chi connectivity index (χ0n) is 19.3. The standard InChI is InChI=1S/C22H39O8P/c1-6-7-8-9-16-28-31(25,29-17-12-10-14-26-21(23)19(2)3)30-18-13-11-15-27-22(24)20(4)5/h2,4,6-18H2,1,3,5H3. The summed E-state index contributed by atoms with van der Waals surface area (Å²) in [4.78, 5) is 22.6. The Morgan fingerprint density at radius 3 is 1.35 bits per heavy atom. The molecule has 0 atom stereocenters. The normalized spacial score (nSPS) is 11.2. The molecule has 0 radical (unpaired) electrons. The summed E-state index contributed by atoms with van der Waals surface area (Å²) in [5.41, 5.74) is 0.694. The SMILES string of the molecule is C=C(C)C(=O)OCCCCOP(=O)(OCCCCCC)OCCCCOC(=O)C(=C)C. The second kappa shape index (κ2) is 18.1. The molecule has 0 unspecified atom stereocenters. The van der Waals surface area contributed by atoms with E-state index in [0.717, 1.165) is 25.7 Å². The van der Waals surface area contributed by atoms with Gasteiger partial charge in [-0.3, -0.25) is 13.6 Å². The monoisotopic (exact) mass is 462 g/mol. The van der Waals surface area contributed by atoms with Gasteiger partial charge in [0.25, 0.3) is 0 Å². The topological polar surface area (TPSA) is 97.4 Å². The maximum atomic E-state index is 12.8. The Balaban J connectivity index is 4.25. The van der Waals surface area contributed by atoms with Gasteiger partial charge in [0, 0.05) is 11.1 Å². The lowest BCUT2D eigenvalue weighted by Gasteiger charge is -2.18. The zero-order chi connectivity index (χ0) is 23.5. The Morgan fingerprint density at radius 2 is 1.00 bits per heavy atom. The predicted molar refractivity (Wildman–Crippen MR) is 120 cm³/mol. The van der Waals surface area contributed by atoms with E-state index in [2.05, 4.69) is 20.1 Å². The molecule has 180 valence electrons. The lowest BCUT2D eigenvalue weighted by Crippen LogP contribution is -2.08. The number of phosphoric acid groups is 1. The van der Waals surface area contributed by atoms with Gasteiger partial charge in [-0.15, -0.1) is 0 Å². The minimum Gasteiger partial charge on any atom is -0.462 e. The van der Waals surface area contributed by atoms with E-state index in [1.807, 2.05) is 0 Å². The molecule has 31 heavy (non-hydrogen) atoms. The van der Waals surface area contributed by atoms with Crippen molar-refractivity contribution >= 4 is 19.8 Å². The first-order chi connectivity index (χ1) is 14.7. The number of rotatable bonds is 20. The molecule has 0 aromatic rings. The summed E-state index contributed by atoms with van der Waals surface area (Å²) in [7, 11) is -3.68. The Bertz CT molecular complexity index is 560. The fourth-order valence-electron chi connectivity index (χ4n) is 2.15. The van der Waals surface area contributed by atoms with Crippen LogP contribution in [-0.2, 0) is 37.2 Å². The van der Waals surface area contributed by atoms with E-state index in [1.54, 1.807) is 13.8 Å². The molecule has 0 bridgehead atoms. The van der Waals surface area contributed by atoms with Gasteiger partial charge in [-0.25, -0.2) is 14.2 Å². The molecular formula is C22H39O8P. The molecule has 0 aromatic heterocycles. The summed E-state index contributed by atoms with van der Waals surface area (Å²) in [6.45, 7) is 13.4. The number of unbranched alkanes of at least 4 members (excludes halogenated alkanes) is 5. The lowest BCUT2D eigenvalue weighted by atomic mass is 10.2. The van der Waals surface area contributed by atoms with Crippen molar-refractivity contribution in [3.05, 3.63) is 24.3 Å². The van der Waals surface area contributed by atoms with Gasteiger partial charge in [-0.1, -0.05) is 39.3 Å². The molecule has 0 spiro atoms. The van der Waals surface area contributed by atoms with Gasteiger partial charge in [-0.2, -0.15) is 0 Å². The van der Waals surface area contributed by atoms with Gasteiger partial charge in [0.05, 0.1) is 33.0 Å². The van der Waals surface area contributed by atoms with E-state index in [4.69, 9.17) is 23.0 Å². The summed E-state index contributed by atoms with van der Waals surface area (Å²) >= 11 is 0. The molecule has 0 aliphatic rings. The first-order valence-electron chi connectivity index (χ1n) is 10.9. The fourth-order valence-corrected chi connectivity index (χ4v) is 3.44. The zero-order valence-corrected chi connectivity index (χ0v) is 20.2. The van der Waals surface area contributed by atoms with Crippen LogP contribution in [0.4, 0.5) is 0 Å². The van der Waals surface area contributed by atoms with Gasteiger partial charge in [-0.05, 0) is 46.0 Å². The van der Waals surface area contributed by atoms with E-state index >= 15 is 0 Å². The predicted octanol–water partition coefficient (Wildman–Crippen LogP) is 5.52. The van der Waals surface area contributed by atoms with Crippen LogP contribution in [0.5, 0.6) is 0 Å². The fraction of sp³-hybridized carbons (Fsp3) is 0.727. The van der Waals surface area contributed by atoms with Crippen molar-refractivity contribution in [3.63, 3.8) is 0 Å². The summed E-state index contributed by atoms with van der Waals surface area (Å²) in [6, 6.07) is 0. The molecule has 0 heterocycles. The Kier molecular flexibility index (Phi) is 17.3. The van der Waals surface area contributed by atoms with Crippen LogP contribution in [0, 0.1) is 0 Å². The number of carbonyl (C=O) groups excluding carboxylic acids is 2. The number of hydrogen-bond acceptors (Lipinski definition) is 8. The molecule has 0 aromatic carbocycles. The first-order valence-corrected chi connectivity index (χ1v) is 12.4. The van der Waals surface area contributed by atoms with Crippen LogP contribution in [0.3, 0.4) is 0 Å². The Labute approximate surface area is 186 Å². The van der Waals surface area contributed by atoms with Crippen LogP contribution in [0.15, 0.2) is 24.3 Å². The minimum atomic E-state index is -3.68. The van der Waals surface area contributed by atoms with E-state index in [0.29, 0.717) is 43.4 Å². The highest BCUT2D eigenvalue weighted by molar-refractivity contribution is 7.48. The second-order valence-corrected chi connectivity index (χ2v) is 8.92. The van der Waals surface area contributed by atoms with Crippen molar-refractivity contribution in [2.24, 2.45) is 0 Å². The highest BCUT2D eigenvalue weighted by atomic mass is 31.2. The highest BCUT2D eigenvalue weighted by Crippen LogP contribution is 2.49. The summed E-state index contributed by atoms with van der Waals surface area (Å²) in [5.74, 6) is -0.862. The molecule has 0 N–H and O–H groups in total. The number of phosphoric ester groups is 1. The molecule has 0 aliphatic heterocycles. The van der Waals surface area contributed by atoms with Gasteiger partial charge < -0.3 is 9.47 Å². The molecule has 0 rings (SSSR count). The van der Waals surface area contributed by atoms with Crippen molar-refractivity contribution in [2.45, 2.75) is 72.1 Å². The Morgan fingerprint density at radius 1 is 0.645 bits per heavy atom. The average Bonchev–Trinajstić information content (AvgIpc) is 2.72. The van der Waals surface area contributed by atoms with Crippen LogP contribution < -0.4 is 0 Å². The maximum absolute atomic E-state index is 12.8. The van der Waals surface area contributed by atoms with Crippen LogP contribution in [0.25, 0.3) is 0 Å². The average molecular weight is 463 g/mol. The van der Waals surface area contributed by atoms with Crippen molar-refractivity contribution in [1.29, 1.82) is 0 Å². The van der Waals surface area contributed by atoms with Gasteiger partial charge in [0.15, 0.2) is 0 Å². The maximum Gasteiger partial charge on any atom is 0.474 e. The van der Waals surface area contributed by atoms with Crippen molar-refractivity contribution < 1.29 is 37.2 Å². The number of hydrogen-bond donors (Lipinski definition) is 0. The van der Waals surface area contributed by atoms with Gasteiger partial charge in [0.1, 0.15) is 0 Å². The quantitative estimate of drug-likeness (QED) is 0.101. The van der Waals surface area contributed by atoms with Crippen molar-refractivity contribution in [3.8, 4) is 0 Å². The summed E-state index contributed by atoms with van der Waals surface area (Å²) in [5, 5.41) is 0. The van der Waals surface area contributed by atoms with Crippen molar-refractivity contribution in [1.82, 2.24) is 0 Å². The second-order valence-electron chi connectivity index (χ2n) is 7.25. The van der Waals surface area contributed by atoms with E-state index < -0.39 is 19.8 Å². The molecule has 9 heteroatoms. The number of carbonyl (C=O) groups is 2. The van der Waals surface area contributed by atoms with Crippen LogP contribution in [0.2, 0.25) is 0 Å². The third-order valence-electron chi connectivity index (χ3n) is 3.99. The highest BCUT2D eigenvalue weighted by Gasteiger charge is 2.26.